The molecule has 1 saturated heterocycles. The summed E-state index contributed by atoms with van der Waals surface area (Å²) >= 11 is 0. The summed E-state index contributed by atoms with van der Waals surface area (Å²) < 4.78 is 5.54. The lowest BCUT2D eigenvalue weighted by Crippen LogP contribution is -2.43. The van der Waals surface area contributed by atoms with Crippen molar-refractivity contribution in [3.05, 3.63) is 89.5 Å². The van der Waals surface area contributed by atoms with Crippen molar-refractivity contribution < 1.29 is 9.53 Å². The number of aromatic nitrogens is 4. The van der Waals surface area contributed by atoms with Crippen LogP contribution in [0.25, 0.3) is 11.3 Å². The Labute approximate surface area is 250 Å². The number of nitrogens with zero attached hydrogens (tertiary/aromatic N) is 5. The van der Waals surface area contributed by atoms with E-state index >= 15 is 0 Å². The number of anilines is 3. The van der Waals surface area contributed by atoms with Crippen molar-refractivity contribution in [3.63, 3.8) is 0 Å². The van der Waals surface area contributed by atoms with Crippen LogP contribution in [0.3, 0.4) is 0 Å². The Balaban J connectivity index is 0.988. The first-order valence-electron chi connectivity index (χ1n) is 14.6. The maximum Gasteiger partial charge on any atom is 0.251 e. The van der Waals surface area contributed by atoms with Gasteiger partial charge in [-0.05, 0) is 79.6 Å². The molecule has 0 radical (unpaired) electrons. The Morgan fingerprint density at radius 1 is 0.977 bits per heavy atom. The summed E-state index contributed by atoms with van der Waals surface area (Å²) in [5.41, 5.74) is 11.8. The minimum absolute atomic E-state index is 0.0839. The molecule has 3 aliphatic rings. The number of benzene rings is 1. The SMILES string of the molecule is Nc1nc(Nc2ccc(C#Cc3cc(C(=O)NC4CC4)ccn3)cc2)ncc1-c1ccc(C2(N3CCOCC3)CC2)cn1. The number of pyridine rings is 2. The first-order chi connectivity index (χ1) is 21.1. The Hall–Kier alpha value is -4.85. The molecule has 10 nitrogen and oxygen atoms in total. The first-order valence-corrected chi connectivity index (χ1v) is 14.6. The van der Waals surface area contributed by atoms with Gasteiger partial charge in [-0.2, -0.15) is 4.98 Å². The second-order valence-corrected chi connectivity index (χ2v) is 11.2. The highest BCUT2D eigenvalue weighted by Gasteiger charge is 2.49. The molecule has 2 saturated carbocycles. The maximum absolute atomic E-state index is 12.3. The number of amides is 1. The number of carbonyl (C=O) groups excluding carboxylic acids is 1. The molecule has 10 heteroatoms. The molecule has 2 aliphatic carbocycles. The highest BCUT2D eigenvalue weighted by atomic mass is 16.5. The van der Waals surface area contributed by atoms with Gasteiger partial charge in [0.2, 0.25) is 5.95 Å². The zero-order chi connectivity index (χ0) is 29.2. The average molecular weight is 573 g/mol. The van der Waals surface area contributed by atoms with E-state index in [4.69, 9.17) is 15.5 Å². The Bertz CT molecular complexity index is 1700. The van der Waals surface area contributed by atoms with Gasteiger partial charge < -0.3 is 21.1 Å². The van der Waals surface area contributed by atoms with Crippen LogP contribution in [0, 0.1) is 11.8 Å². The van der Waals surface area contributed by atoms with Crippen molar-refractivity contribution in [2.24, 2.45) is 0 Å². The zero-order valence-electron chi connectivity index (χ0n) is 23.7. The molecule has 7 rings (SSSR count). The molecule has 4 aromatic rings. The number of morpholine rings is 1. The summed E-state index contributed by atoms with van der Waals surface area (Å²) in [6.07, 6.45) is 9.66. The van der Waals surface area contributed by atoms with Gasteiger partial charge in [-0.3, -0.25) is 14.7 Å². The van der Waals surface area contributed by atoms with Crippen LogP contribution in [0.1, 0.15) is 52.9 Å². The maximum atomic E-state index is 12.3. The highest BCUT2D eigenvalue weighted by molar-refractivity contribution is 5.94. The minimum atomic E-state index is -0.0839. The van der Waals surface area contributed by atoms with E-state index in [9.17, 15) is 4.79 Å². The molecule has 3 aromatic heterocycles. The number of nitrogens with one attached hydrogen (secondary N) is 2. The van der Waals surface area contributed by atoms with Gasteiger partial charge in [-0.1, -0.05) is 12.0 Å². The van der Waals surface area contributed by atoms with Crippen LogP contribution in [0.15, 0.2) is 67.1 Å². The topological polar surface area (TPSA) is 131 Å². The van der Waals surface area contributed by atoms with Crippen molar-refractivity contribution in [2.75, 3.05) is 37.4 Å². The third kappa shape index (κ3) is 6.04. The van der Waals surface area contributed by atoms with Gasteiger partial charge in [0, 0.05) is 60.1 Å². The summed E-state index contributed by atoms with van der Waals surface area (Å²) in [5.74, 6) is 6.81. The third-order valence-electron chi connectivity index (χ3n) is 8.15. The van der Waals surface area contributed by atoms with E-state index in [1.807, 2.05) is 36.5 Å². The number of hydrogen-bond donors (Lipinski definition) is 3. The summed E-state index contributed by atoms with van der Waals surface area (Å²) in [7, 11) is 0. The number of ether oxygens (including phenoxy) is 1. The van der Waals surface area contributed by atoms with Gasteiger partial charge in [0.25, 0.3) is 5.91 Å². The summed E-state index contributed by atoms with van der Waals surface area (Å²) in [6, 6.07) is 15.5. The molecule has 216 valence electrons. The number of nitrogen functional groups attached to an aromatic ring is 1. The first kappa shape index (κ1) is 27.0. The lowest BCUT2D eigenvalue weighted by molar-refractivity contribution is 0.00828. The van der Waals surface area contributed by atoms with Gasteiger partial charge in [0.05, 0.1) is 24.5 Å². The molecule has 0 unspecified atom stereocenters. The molecule has 1 amide bonds. The number of carbonyl (C=O) groups is 1. The Kier molecular flexibility index (Phi) is 7.19. The van der Waals surface area contributed by atoms with Crippen molar-refractivity contribution in [1.82, 2.24) is 30.2 Å². The fraction of sp³-hybridized carbons (Fsp3) is 0.303. The molecule has 0 spiro atoms. The van der Waals surface area contributed by atoms with E-state index in [1.165, 1.54) is 5.56 Å². The fourth-order valence-corrected chi connectivity index (χ4v) is 5.42. The van der Waals surface area contributed by atoms with Crippen LogP contribution in [-0.4, -0.2) is 63.1 Å². The molecule has 0 atom stereocenters. The van der Waals surface area contributed by atoms with Crippen LogP contribution < -0.4 is 16.4 Å². The second kappa shape index (κ2) is 11.4. The van der Waals surface area contributed by atoms with E-state index in [1.54, 1.807) is 24.5 Å². The molecule has 3 fully saturated rings. The average Bonchev–Trinajstić information content (AvgIpc) is 3.98. The van der Waals surface area contributed by atoms with E-state index in [2.05, 4.69) is 48.4 Å². The standard InChI is InChI=1S/C33H32N8O2/c34-30-28(29-10-4-24(20-36-29)33(12-13-33)41-15-17-43-18-16-41)21-37-32(40-30)39-26-5-1-22(2-6-26)3-7-27-19-23(11-14-35-27)31(42)38-25-8-9-25/h1-2,4-6,10-11,14,19-21,25H,8-9,12-13,15-18H2,(H,38,42)(H3,34,37,39,40). The van der Waals surface area contributed by atoms with Gasteiger partial charge in [0.15, 0.2) is 0 Å². The van der Waals surface area contributed by atoms with E-state index in [0.717, 1.165) is 68.9 Å². The quantitative estimate of drug-likeness (QED) is 0.283. The highest BCUT2D eigenvalue weighted by Crippen LogP contribution is 2.51. The number of rotatable bonds is 7. The molecule has 4 N–H and O–H groups in total. The lowest BCUT2D eigenvalue weighted by atomic mass is 10.0. The monoisotopic (exact) mass is 572 g/mol. The van der Waals surface area contributed by atoms with E-state index in [-0.39, 0.29) is 11.4 Å². The Morgan fingerprint density at radius 3 is 2.49 bits per heavy atom. The van der Waals surface area contributed by atoms with Crippen molar-refractivity contribution in [2.45, 2.75) is 37.3 Å². The van der Waals surface area contributed by atoms with Gasteiger partial charge in [-0.15, -0.1) is 0 Å². The molecule has 0 bridgehead atoms. The second-order valence-electron chi connectivity index (χ2n) is 11.2. The van der Waals surface area contributed by atoms with Crippen LogP contribution >= 0.6 is 0 Å². The fourth-order valence-electron chi connectivity index (χ4n) is 5.42. The predicted octanol–water partition coefficient (Wildman–Crippen LogP) is 3.87. The molecule has 1 aliphatic heterocycles. The Morgan fingerprint density at radius 2 is 1.79 bits per heavy atom. The molecular weight excluding hydrogens is 540 g/mol. The predicted molar refractivity (Wildman–Crippen MR) is 163 cm³/mol. The molecule has 1 aromatic carbocycles. The number of hydrogen-bond acceptors (Lipinski definition) is 9. The normalized spacial score (nSPS) is 17.4. The smallest absolute Gasteiger partial charge is 0.251 e. The van der Waals surface area contributed by atoms with Crippen LogP contribution in [0.4, 0.5) is 17.5 Å². The van der Waals surface area contributed by atoms with Crippen molar-refractivity contribution in [1.29, 1.82) is 0 Å². The zero-order valence-corrected chi connectivity index (χ0v) is 23.7. The largest absolute Gasteiger partial charge is 0.383 e. The minimum Gasteiger partial charge on any atom is -0.383 e. The summed E-state index contributed by atoms with van der Waals surface area (Å²) in [4.78, 5) is 32.8. The number of nitrogens with two attached hydrogens (primary N) is 1. The van der Waals surface area contributed by atoms with Crippen LogP contribution in [0.5, 0.6) is 0 Å². The van der Waals surface area contributed by atoms with Gasteiger partial charge in [-0.25, -0.2) is 9.97 Å². The van der Waals surface area contributed by atoms with Gasteiger partial charge in [0.1, 0.15) is 11.5 Å². The summed E-state index contributed by atoms with van der Waals surface area (Å²) in [6.45, 7) is 3.49. The van der Waals surface area contributed by atoms with Crippen LogP contribution in [0.2, 0.25) is 0 Å². The molecule has 4 heterocycles. The third-order valence-corrected chi connectivity index (χ3v) is 8.15. The van der Waals surface area contributed by atoms with Crippen LogP contribution in [-0.2, 0) is 10.3 Å². The van der Waals surface area contributed by atoms with Crippen molar-refractivity contribution >= 4 is 23.4 Å². The molecular formula is C33H32N8O2. The lowest BCUT2D eigenvalue weighted by Gasteiger charge is -2.35. The van der Waals surface area contributed by atoms with E-state index < -0.39 is 0 Å². The van der Waals surface area contributed by atoms with Gasteiger partial charge >= 0.3 is 0 Å². The van der Waals surface area contributed by atoms with E-state index in [0.29, 0.717) is 34.6 Å². The summed E-state index contributed by atoms with van der Waals surface area (Å²) in [5, 5.41) is 6.18. The molecule has 43 heavy (non-hydrogen) atoms. The van der Waals surface area contributed by atoms with Crippen molar-refractivity contribution in [3.8, 4) is 23.1 Å².